The van der Waals surface area contributed by atoms with Gasteiger partial charge in [-0.1, -0.05) is 6.92 Å². The van der Waals surface area contributed by atoms with Crippen LogP contribution in [0.3, 0.4) is 0 Å². The van der Waals surface area contributed by atoms with Gasteiger partial charge in [-0.05, 0) is 38.4 Å². The van der Waals surface area contributed by atoms with Crippen LogP contribution in [0.4, 0.5) is 0 Å². The van der Waals surface area contributed by atoms with Crippen LogP contribution in [-0.4, -0.2) is 6.54 Å². The number of terminal acetylenes is 1. The molecule has 0 radical (unpaired) electrons. The van der Waals surface area contributed by atoms with Gasteiger partial charge < -0.3 is 9.73 Å². The van der Waals surface area contributed by atoms with E-state index in [9.17, 15) is 0 Å². The number of aryl methyl sites for hydroxylation is 1. The molecule has 1 N–H and O–H groups in total. The summed E-state index contributed by atoms with van der Waals surface area (Å²) in [5, 5.41) is 3.44. The Morgan fingerprint density at radius 1 is 1.53 bits per heavy atom. The Kier molecular flexibility index (Phi) is 5.00. The number of nitrogens with one attached hydrogen (secondary N) is 1. The third-order valence-corrected chi connectivity index (χ3v) is 2.32. The van der Waals surface area contributed by atoms with E-state index in [4.69, 9.17) is 10.8 Å². The van der Waals surface area contributed by atoms with Gasteiger partial charge in [0.25, 0.3) is 0 Å². The van der Waals surface area contributed by atoms with Crippen molar-refractivity contribution in [3.8, 4) is 12.3 Å². The highest BCUT2D eigenvalue weighted by Crippen LogP contribution is 2.20. The maximum atomic E-state index is 5.61. The molecule has 0 aliphatic heterocycles. The van der Waals surface area contributed by atoms with E-state index in [1.165, 1.54) is 0 Å². The zero-order valence-electron chi connectivity index (χ0n) is 9.55. The smallest absolute Gasteiger partial charge is 0.121 e. The van der Waals surface area contributed by atoms with E-state index in [-0.39, 0.29) is 6.04 Å². The first-order chi connectivity index (χ1) is 7.27. The van der Waals surface area contributed by atoms with Crippen LogP contribution in [0, 0.1) is 19.3 Å². The van der Waals surface area contributed by atoms with E-state index >= 15 is 0 Å². The molecule has 0 fully saturated rings. The molecule has 1 atom stereocenters. The van der Waals surface area contributed by atoms with Gasteiger partial charge in [0.1, 0.15) is 11.5 Å². The minimum atomic E-state index is 0.259. The predicted octanol–water partition coefficient (Wildman–Crippen LogP) is 3.04. The van der Waals surface area contributed by atoms with Crippen LogP contribution in [-0.2, 0) is 0 Å². The zero-order chi connectivity index (χ0) is 11.1. The average Bonchev–Trinajstić information content (AvgIpc) is 2.65. The van der Waals surface area contributed by atoms with Crippen LogP contribution in [0.15, 0.2) is 16.5 Å². The summed E-state index contributed by atoms with van der Waals surface area (Å²) in [7, 11) is 0. The first-order valence-electron chi connectivity index (χ1n) is 5.51. The summed E-state index contributed by atoms with van der Waals surface area (Å²) >= 11 is 0. The minimum absolute atomic E-state index is 0.259. The van der Waals surface area contributed by atoms with Gasteiger partial charge in [-0.3, -0.25) is 0 Å². The molecule has 0 bridgehead atoms. The molecule has 1 unspecified atom stereocenters. The van der Waals surface area contributed by atoms with Crippen molar-refractivity contribution in [2.75, 3.05) is 6.54 Å². The van der Waals surface area contributed by atoms with Crippen molar-refractivity contribution in [2.24, 2.45) is 0 Å². The molecule has 1 aromatic rings. The van der Waals surface area contributed by atoms with Gasteiger partial charge in [-0.25, -0.2) is 0 Å². The van der Waals surface area contributed by atoms with Crippen LogP contribution < -0.4 is 5.32 Å². The van der Waals surface area contributed by atoms with E-state index in [1.807, 2.05) is 19.1 Å². The number of hydrogen-bond acceptors (Lipinski definition) is 2. The quantitative estimate of drug-likeness (QED) is 0.722. The average molecular weight is 205 g/mol. The Bertz CT molecular complexity index is 322. The van der Waals surface area contributed by atoms with Crippen molar-refractivity contribution in [1.29, 1.82) is 0 Å². The fraction of sp³-hybridized carbons (Fsp3) is 0.538. The summed E-state index contributed by atoms with van der Waals surface area (Å²) in [4.78, 5) is 0. The highest BCUT2D eigenvalue weighted by Gasteiger charge is 2.13. The van der Waals surface area contributed by atoms with E-state index in [1.54, 1.807) is 0 Å². The Balaban J connectivity index is 2.59. The second-order valence-electron chi connectivity index (χ2n) is 3.70. The van der Waals surface area contributed by atoms with Gasteiger partial charge in [0.2, 0.25) is 0 Å². The molecule has 0 amide bonds. The SMILES string of the molecule is C#CCCC(NCCC)c1ccc(C)o1. The molecule has 0 aliphatic rings. The molecule has 0 saturated heterocycles. The third-order valence-electron chi connectivity index (χ3n) is 2.32. The van der Waals surface area contributed by atoms with Gasteiger partial charge >= 0.3 is 0 Å². The van der Waals surface area contributed by atoms with Gasteiger partial charge in [0, 0.05) is 6.42 Å². The largest absolute Gasteiger partial charge is 0.465 e. The van der Waals surface area contributed by atoms with Crippen molar-refractivity contribution in [2.45, 2.75) is 39.2 Å². The van der Waals surface area contributed by atoms with Gasteiger partial charge in [-0.2, -0.15) is 0 Å². The van der Waals surface area contributed by atoms with Crippen molar-refractivity contribution < 1.29 is 4.42 Å². The van der Waals surface area contributed by atoms with Crippen LogP contribution in [0.2, 0.25) is 0 Å². The maximum Gasteiger partial charge on any atom is 0.121 e. The van der Waals surface area contributed by atoms with Gasteiger partial charge in [0.05, 0.1) is 6.04 Å². The monoisotopic (exact) mass is 205 g/mol. The lowest BCUT2D eigenvalue weighted by atomic mass is 10.1. The summed E-state index contributed by atoms with van der Waals surface area (Å²) in [6.45, 7) is 5.11. The minimum Gasteiger partial charge on any atom is -0.465 e. The summed E-state index contributed by atoms with van der Waals surface area (Å²) in [5.41, 5.74) is 0. The van der Waals surface area contributed by atoms with Crippen molar-refractivity contribution in [3.63, 3.8) is 0 Å². The Labute approximate surface area is 92.1 Å². The Hall–Kier alpha value is -1.20. The lowest BCUT2D eigenvalue weighted by Gasteiger charge is -2.14. The van der Waals surface area contributed by atoms with Gasteiger partial charge in [-0.15, -0.1) is 12.3 Å². The zero-order valence-corrected chi connectivity index (χ0v) is 9.55. The first kappa shape index (κ1) is 11.9. The van der Waals surface area contributed by atoms with E-state index < -0.39 is 0 Å². The standard InChI is InChI=1S/C13H19NO/c1-4-6-7-12(14-10-5-2)13-9-8-11(3)15-13/h1,8-9,12,14H,5-7,10H2,2-3H3. The molecule has 0 aliphatic carbocycles. The molecule has 82 valence electrons. The fourth-order valence-corrected chi connectivity index (χ4v) is 1.53. The highest BCUT2D eigenvalue weighted by molar-refractivity contribution is 5.10. The summed E-state index contributed by atoms with van der Waals surface area (Å²) in [6.07, 6.45) is 8.11. The summed E-state index contributed by atoms with van der Waals surface area (Å²) < 4.78 is 5.61. The number of rotatable bonds is 6. The van der Waals surface area contributed by atoms with E-state index in [0.29, 0.717) is 0 Å². The van der Waals surface area contributed by atoms with E-state index in [2.05, 4.69) is 18.2 Å². The van der Waals surface area contributed by atoms with Crippen molar-refractivity contribution in [3.05, 3.63) is 23.7 Å². The molecule has 0 spiro atoms. The molecule has 15 heavy (non-hydrogen) atoms. The van der Waals surface area contributed by atoms with Gasteiger partial charge in [0.15, 0.2) is 0 Å². The topological polar surface area (TPSA) is 25.2 Å². The molecule has 0 saturated carbocycles. The lowest BCUT2D eigenvalue weighted by Crippen LogP contribution is -2.21. The van der Waals surface area contributed by atoms with Crippen LogP contribution in [0.1, 0.15) is 43.7 Å². The molecule has 2 nitrogen and oxygen atoms in total. The molecule has 1 rings (SSSR count). The van der Waals surface area contributed by atoms with Crippen LogP contribution in [0.5, 0.6) is 0 Å². The maximum absolute atomic E-state index is 5.61. The normalized spacial score (nSPS) is 12.3. The second kappa shape index (κ2) is 6.31. The summed E-state index contributed by atoms with van der Waals surface area (Å²) in [5.74, 6) is 4.62. The molecule has 0 aromatic carbocycles. The predicted molar refractivity (Wildman–Crippen MR) is 62.5 cm³/mol. The summed E-state index contributed by atoms with van der Waals surface area (Å²) in [6, 6.07) is 4.28. The Morgan fingerprint density at radius 3 is 2.87 bits per heavy atom. The number of hydrogen-bond donors (Lipinski definition) is 1. The lowest BCUT2D eigenvalue weighted by molar-refractivity contribution is 0.388. The molecular weight excluding hydrogens is 186 g/mol. The molecule has 1 heterocycles. The number of furan rings is 1. The van der Waals surface area contributed by atoms with Crippen molar-refractivity contribution >= 4 is 0 Å². The Morgan fingerprint density at radius 2 is 2.33 bits per heavy atom. The first-order valence-corrected chi connectivity index (χ1v) is 5.51. The molecular formula is C13H19NO. The van der Waals surface area contributed by atoms with Crippen LogP contribution in [0.25, 0.3) is 0 Å². The highest BCUT2D eigenvalue weighted by atomic mass is 16.3. The van der Waals surface area contributed by atoms with E-state index in [0.717, 1.165) is 37.3 Å². The molecule has 2 heteroatoms. The fourth-order valence-electron chi connectivity index (χ4n) is 1.53. The molecule has 1 aromatic heterocycles. The second-order valence-corrected chi connectivity index (χ2v) is 3.70. The third kappa shape index (κ3) is 3.81. The van der Waals surface area contributed by atoms with Crippen molar-refractivity contribution in [1.82, 2.24) is 5.32 Å². The van der Waals surface area contributed by atoms with Crippen LogP contribution >= 0.6 is 0 Å².